The van der Waals surface area contributed by atoms with Gasteiger partial charge in [0.25, 0.3) is 5.56 Å². The quantitative estimate of drug-likeness (QED) is 0.533. The fourth-order valence-electron chi connectivity index (χ4n) is 3.15. The molecule has 1 amide bonds. The molecule has 1 aromatic heterocycles. The Morgan fingerprint density at radius 3 is 2.74 bits per heavy atom. The third-order valence-electron chi connectivity index (χ3n) is 4.65. The molecule has 0 aliphatic carbocycles. The Bertz CT molecular complexity index is 1170. The van der Waals surface area contributed by atoms with Gasteiger partial charge in [-0.15, -0.1) is 0 Å². The maximum absolute atomic E-state index is 12.7. The lowest BCUT2D eigenvalue weighted by Crippen LogP contribution is -2.30. The summed E-state index contributed by atoms with van der Waals surface area (Å²) < 4.78 is 10.8. The van der Waals surface area contributed by atoms with Gasteiger partial charge in [0.15, 0.2) is 11.5 Å². The number of carbonyl (C=O) groups excluding carboxylic acids is 1. The van der Waals surface area contributed by atoms with Crippen LogP contribution in [-0.2, 0) is 11.3 Å². The summed E-state index contributed by atoms with van der Waals surface area (Å²) in [5.74, 6) is 1.17. The molecular formula is C23H24ClN3O4. The van der Waals surface area contributed by atoms with Crippen LogP contribution in [0.3, 0.4) is 0 Å². The van der Waals surface area contributed by atoms with Crippen molar-refractivity contribution >= 4 is 34.5 Å². The predicted molar refractivity (Wildman–Crippen MR) is 122 cm³/mol. The van der Waals surface area contributed by atoms with E-state index in [1.165, 1.54) is 13.2 Å². The summed E-state index contributed by atoms with van der Waals surface area (Å²) in [4.78, 5) is 33.8. The topological polar surface area (TPSA) is 84.5 Å². The van der Waals surface area contributed by atoms with Gasteiger partial charge in [-0.25, -0.2) is 4.98 Å². The van der Waals surface area contributed by atoms with E-state index in [1.807, 2.05) is 19.9 Å². The minimum absolute atomic E-state index is 0.188. The molecule has 8 heteroatoms. The molecule has 31 heavy (non-hydrogen) atoms. The first-order valence-corrected chi connectivity index (χ1v) is 10.3. The largest absolute Gasteiger partial charge is 0.491 e. The number of aromatic nitrogens is 2. The van der Waals surface area contributed by atoms with Crippen LogP contribution in [0.5, 0.6) is 11.5 Å². The van der Waals surface area contributed by atoms with Crippen molar-refractivity contribution in [2.75, 3.05) is 20.3 Å². The second-order valence-electron chi connectivity index (χ2n) is 6.68. The Balaban J connectivity index is 1.80. The first-order chi connectivity index (χ1) is 15.0. The molecule has 0 atom stereocenters. The number of methoxy groups -OCH3 is 1. The molecule has 0 saturated carbocycles. The Hall–Kier alpha value is -3.32. The van der Waals surface area contributed by atoms with Crippen LogP contribution in [0.1, 0.15) is 25.2 Å². The van der Waals surface area contributed by atoms with Crippen molar-refractivity contribution in [1.29, 1.82) is 0 Å². The molecule has 3 aromatic rings. The number of carbonyl (C=O) groups is 1. The summed E-state index contributed by atoms with van der Waals surface area (Å²) in [6.45, 7) is 4.83. The van der Waals surface area contributed by atoms with Gasteiger partial charge in [0.05, 0.1) is 36.2 Å². The molecule has 0 aliphatic heterocycles. The smallest absolute Gasteiger partial charge is 0.258 e. The number of halogens is 1. The van der Waals surface area contributed by atoms with Gasteiger partial charge in [0.1, 0.15) is 5.82 Å². The zero-order valence-electron chi connectivity index (χ0n) is 17.6. The molecule has 1 N–H and O–H groups in total. The van der Waals surface area contributed by atoms with Gasteiger partial charge in [-0.1, -0.05) is 23.7 Å². The van der Waals surface area contributed by atoms with Crippen molar-refractivity contribution in [3.05, 3.63) is 69.2 Å². The van der Waals surface area contributed by atoms with Crippen LogP contribution in [0, 0.1) is 0 Å². The van der Waals surface area contributed by atoms with Gasteiger partial charge < -0.3 is 19.4 Å². The molecule has 3 rings (SSSR count). The number of likely N-dealkylation sites (N-methyl/N-ethyl adjacent to an activating group) is 1. The van der Waals surface area contributed by atoms with E-state index < -0.39 is 0 Å². The fraction of sp³-hybridized carbons (Fsp3) is 0.261. The number of fused-ring (bicyclic) bond motifs is 1. The molecule has 0 spiro atoms. The SMILES string of the molecule is CCOc1cc(/C=C/C(=O)N(CC)Cc2nc3ccccc3c(=O)[nH]2)cc(Cl)c1OC. The Kier molecular flexibility index (Phi) is 7.31. The molecule has 0 unspecified atom stereocenters. The number of benzene rings is 2. The highest BCUT2D eigenvalue weighted by Crippen LogP contribution is 2.36. The van der Waals surface area contributed by atoms with Crippen LogP contribution in [0.15, 0.2) is 47.3 Å². The van der Waals surface area contributed by atoms with Crippen LogP contribution in [0.2, 0.25) is 5.02 Å². The summed E-state index contributed by atoms with van der Waals surface area (Å²) in [7, 11) is 1.52. The van der Waals surface area contributed by atoms with Crippen LogP contribution < -0.4 is 15.0 Å². The maximum Gasteiger partial charge on any atom is 0.258 e. The Morgan fingerprint density at radius 2 is 2.03 bits per heavy atom. The minimum Gasteiger partial charge on any atom is -0.491 e. The van der Waals surface area contributed by atoms with Gasteiger partial charge in [-0.2, -0.15) is 0 Å². The molecule has 162 valence electrons. The molecule has 2 aromatic carbocycles. The van der Waals surface area contributed by atoms with Crippen LogP contribution >= 0.6 is 11.6 Å². The van der Waals surface area contributed by atoms with E-state index in [2.05, 4.69) is 9.97 Å². The highest BCUT2D eigenvalue weighted by Gasteiger charge is 2.14. The van der Waals surface area contributed by atoms with Gasteiger partial charge in [0, 0.05) is 12.6 Å². The van der Waals surface area contributed by atoms with Gasteiger partial charge in [0.2, 0.25) is 5.91 Å². The number of aromatic amines is 1. The number of hydrogen-bond donors (Lipinski definition) is 1. The summed E-state index contributed by atoms with van der Waals surface area (Å²) in [5, 5.41) is 0.910. The van der Waals surface area contributed by atoms with E-state index >= 15 is 0 Å². The van der Waals surface area contributed by atoms with E-state index in [4.69, 9.17) is 21.1 Å². The minimum atomic E-state index is -0.226. The van der Waals surface area contributed by atoms with Crippen LogP contribution in [0.25, 0.3) is 17.0 Å². The lowest BCUT2D eigenvalue weighted by Gasteiger charge is -2.18. The molecule has 0 saturated heterocycles. The number of hydrogen-bond acceptors (Lipinski definition) is 5. The van der Waals surface area contributed by atoms with E-state index in [0.29, 0.717) is 52.0 Å². The molecule has 1 heterocycles. The van der Waals surface area contributed by atoms with Crippen molar-refractivity contribution in [1.82, 2.24) is 14.9 Å². The first kappa shape index (κ1) is 22.4. The highest BCUT2D eigenvalue weighted by molar-refractivity contribution is 6.32. The fourth-order valence-corrected chi connectivity index (χ4v) is 3.45. The molecule has 0 radical (unpaired) electrons. The summed E-state index contributed by atoms with van der Waals surface area (Å²) in [5.41, 5.74) is 1.07. The molecular weight excluding hydrogens is 418 g/mol. The van der Waals surface area contributed by atoms with Gasteiger partial charge in [-0.05, 0) is 49.8 Å². The summed E-state index contributed by atoms with van der Waals surface area (Å²) in [6, 6.07) is 10.6. The van der Waals surface area contributed by atoms with Gasteiger partial charge in [-0.3, -0.25) is 9.59 Å². The van der Waals surface area contributed by atoms with Crippen molar-refractivity contribution in [3.8, 4) is 11.5 Å². The van der Waals surface area contributed by atoms with E-state index in [0.717, 1.165) is 0 Å². The second-order valence-corrected chi connectivity index (χ2v) is 7.09. The normalized spacial score (nSPS) is 11.1. The Morgan fingerprint density at radius 1 is 1.26 bits per heavy atom. The molecule has 0 aliphatic rings. The lowest BCUT2D eigenvalue weighted by atomic mass is 10.1. The standard InChI is InChI=1S/C23H24ClN3O4/c1-4-27(14-20-25-18-9-7-6-8-16(18)23(29)26-20)21(28)11-10-15-12-17(24)22(30-3)19(13-15)31-5-2/h6-13H,4-5,14H2,1-3H3,(H,25,26,29)/b11-10+. The van der Waals surface area contributed by atoms with Crippen molar-refractivity contribution in [2.45, 2.75) is 20.4 Å². The van der Waals surface area contributed by atoms with Gasteiger partial charge >= 0.3 is 0 Å². The number of ether oxygens (including phenoxy) is 2. The van der Waals surface area contributed by atoms with E-state index in [1.54, 1.807) is 41.3 Å². The zero-order valence-corrected chi connectivity index (χ0v) is 18.4. The van der Waals surface area contributed by atoms with Crippen molar-refractivity contribution < 1.29 is 14.3 Å². The molecule has 0 bridgehead atoms. The third kappa shape index (κ3) is 5.24. The molecule has 0 fully saturated rings. The summed E-state index contributed by atoms with van der Waals surface area (Å²) in [6.07, 6.45) is 3.12. The van der Waals surface area contributed by atoms with Crippen LogP contribution in [-0.4, -0.2) is 41.0 Å². The molecule has 7 nitrogen and oxygen atoms in total. The van der Waals surface area contributed by atoms with Crippen LogP contribution in [0.4, 0.5) is 0 Å². The predicted octanol–water partition coefficient (Wildman–Crippen LogP) is 4.05. The summed E-state index contributed by atoms with van der Waals surface area (Å²) >= 11 is 6.27. The first-order valence-electron chi connectivity index (χ1n) is 9.92. The monoisotopic (exact) mass is 441 g/mol. The third-order valence-corrected chi connectivity index (χ3v) is 4.93. The van der Waals surface area contributed by atoms with Crippen molar-refractivity contribution in [3.63, 3.8) is 0 Å². The number of H-pyrrole nitrogens is 1. The maximum atomic E-state index is 12.7. The number of nitrogens with zero attached hydrogens (tertiary/aromatic N) is 2. The number of rotatable bonds is 8. The lowest BCUT2D eigenvalue weighted by molar-refractivity contribution is -0.126. The Labute approximate surface area is 185 Å². The average Bonchev–Trinajstić information content (AvgIpc) is 2.76. The average molecular weight is 442 g/mol. The van der Waals surface area contributed by atoms with E-state index in [-0.39, 0.29) is 18.0 Å². The van der Waals surface area contributed by atoms with Crippen molar-refractivity contribution in [2.24, 2.45) is 0 Å². The zero-order chi connectivity index (χ0) is 22.4. The second kappa shape index (κ2) is 10.1. The van der Waals surface area contributed by atoms with E-state index in [9.17, 15) is 9.59 Å². The number of nitrogens with one attached hydrogen (secondary N) is 1. The number of amides is 1. The highest BCUT2D eigenvalue weighted by atomic mass is 35.5. The number of para-hydroxylation sites is 1.